The highest BCUT2D eigenvalue weighted by Gasteiger charge is 2.58. The molecular weight excluding hydrogens is 495 g/mol. The van der Waals surface area contributed by atoms with Crippen molar-refractivity contribution in [2.75, 3.05) is 18.9 Å². The number of para-hydroxylation sites is 2. The van der Waals surface area contributed by atoms with Gasteiger partial charge < -0.3 is 25.6 Å². The number of alkyl halides is 3. The Kier molecular flexibility index (Phi) is 7.44. The Morgan fingerprint density at radius 1 is 1.27 bits per heavy atom. The van der Waals surface area contributed by atoms with Crippen molar-refractivity contribution in [1.29, 1.82) is 5.26 Å². The number of hydrogen-bond acceptors (Lipinski definition) is 6. The third kappa shape index (κ3) is 5.19. The van der Waals surface area contributed by atoms with E-state index in [-0.39, 0.29) is 25.3 Å². The molecule has 1 spiro atoms. The van der Waals surface area contributed by atoms with Crippen molar-refractivity contribution in [2.24, 2.45) is 11.8 Å². The van der Waals surface area contributed by atoms with Crippen LogP contribution >= 0.6 is 0 Å². The predicted molar refractivity (Wildman–Crippen MR) is 124 cm³/mol. The fourth-order valence-corrected chi connectivity index (χ4v) is 4.73. The largest absolute Gasteiger partial charge is 0.473 e. The molecule has 13 heteroatoms. The molecule has 1 fully saturated rings. The van der Waals surface area contributed by atoms with Crippen molar-refractivity contribution in [3.63, 3.8) is 0 Å². The van der Waals surface area contributed by atoms with Gasteiger partial charge in [0.25, 0.3) is 5.91 Å². The van der Waals surface area contributed by atoms with Crippen LogP contribution in [0.15, 0.2) is 24.3 Å². The Morgan fingerprint density at radius 3 is 2.49 bits per heavy atom. The molecule has 1 aromatic carbocycles. The first-order chi connectivity index (χ1) is 17.2. The Morgan fingerprint density at radius 2 is 1.92 bits per heavy atom. The molecule has 0 radical (unpaired) electrons. The molecule has 4 amide bonds. The summed E-state index contributed by atoms with van der Waals surface area (Å²) in [6.45, 7) is 4.04. The number of nitrogens with one attached hydrogen (secondary N) is 3. The lowest BCUT2D eigenvalue weighted by Crippen LogP contribution is -2.66. The van der Waals surface area contributed by atoms with E-state index in [1.807, 2.05) is 6.07 Å². The van der Waals surface area contributed by atoms with Gasteiger partial charge in [0.05, 0.1) is 24.2 Å². The Balaban J connectivity index is 2.01. The molecule has 0 aliphatic carbocycles. The van der Waals surface area contributed by atoms with Crippen molar-refractivity contribution in [2.45, 2.75) is 57.0 Å². The fraction of sp³-hybridized carbons (Fsp3) is 0.542. The monoisotopic (exact) mass is 523 g/mol. The molecule has 37 heavy (non-hydrogen) atoms. The number of likely N-dealkylation sites (N-methyl/N-ethyl adjacent to an activating group) is 1. The number of fused-ring (bicyclic) bond motifs is 1. The van der Waals surface area contributed by atoms with Crippen LogP contribution in [0.1, 0.15) is 33.6 Å². The van der Waals surface area contributed by atoms with Crippen LogP contribution in [-0.4, -0.2) is 65.5 Å². The predicted octanol–water partition coefficient (Wildman–Crippen LogP) is 1.73. The number of amides is 4. The van der Waals surface area contributed by atoms with Gasteiger partial charge >= 0.3 is 12.1 Å². The number of anilines is 1. The van der Waals surface area contributed by atoms with Gasteiger partial charge in [0.15, 0.2) is 0 Å². The average Bonchev–Trinajstić information content (AvgIpc) is 3.20. The fourth-order valence-electron chi connectivity index (χ4n) is 4.73. The molecule has 2 heterocycles. The number of carbonyl (C=O) groups is 4. The number of hydrogen-bond donors (Lipinski definition) is 3. The first kappa shape index (κ1) is 27.8. The molecule has 0 saturated carbocycles. The summed E-state index contributed by atoms with van der Waals surface area (Å²) in [7, 11) is 1.16. The Labute approximate surface area is 211 Å². The summed E-state index contributed by atoms with van der Waals surface area (Å²) >= 11 is 0. The van der Waals surface area contributed by atoms with Gasteiger partial charge in [-0.2, -0.15) is 18.4 Å². The number of ether oxygens (including phenoxy) is 1. The van der Waals surface area contributed by atoms with E-state index in [0.717, 1.165) is 18.9 Å². The topological polar surface area (TPSA) is 141 Å². The van der Waals surface area contributed by atoms with Crippen molar-refractivity contribution in [3.05, 3.63) is 24.3 Å². The maximum atomic E-state index is 13.9. The normalized spacial score (nSPS) is 23.3. The minimum Gasteiger partial charge on any atom is -0.473 e. The highest BCUT2D eigenvalue weighted by Crippen LogP contribution is 2.41. The lowest BCUT2D eigenvalue weighted by Gasteiger charge is -2.39. The first-order valence-corrected chi connectivity index (χ1v) is 11.6. The minimum atomic E-state index is -5.31. The minimum absolute atomic E-state index is 0.0988. The van der Waals surface area contributed by atoms with E-state index in [1.165, 1.54) is 0 Å². The van der Waals surface area contributed by atoms with E-state index < -0.39 is 52.9 Å². The third-order valence-corrected chi connectivity index (χ3v) is 6.64. The lowest BCUT2D eigenvalue weighted by molar-refractivity contribution is -0.177. The quantitative estimate of drug-likeness (QED) is 0.519. The molecule has 2 aliphatic heterocycles. The SMILES string of the molecule is CNC(=O)C(C)(NC(=O)C(F)(F)F)[C@H](CC(C)C)C(=O)N1C[C@@]2(C[C@H]1C#N)Oc1ccccc1NC2=O. The summed E-state index contributed by atoms with van der Waals surface area (Å²) < 4.78 is 45.4. The van der Waals surface area contributed by atoms with Gasteiger partial charge in [-0.1, -0.05) is 26.0 Å². The third-order valence-electron chi connectivity index (χ3n) is 6.64. The number of likely N-dealkylation sites (tertiary alicyclic amines) is 1. The summed E-state index contributed by atoms with van der Waals surface area (Å²) in [6.07, 6.45) is -5.61. The summed E-state index contributed by atoms with van der Waals surface area (Å²) in [5.74, 6) is -6.31. The summed E-state index contributed by atoms with van der Waals surface area (Å²) in [6, 6.07) is 7.38. The summed E-state index contributed by atoms with van der Waals surface area (Å²) in [4.78, 5) is 52.7. The molecule has 1 saturated heterocycles. The van der Waals surface area contributed by atoms with E-state index in [1.54, 1.807) is 43.4 Å². The number of carbonyl (C=O) groups excluding carboxylic acids is 4. The van der Waals surface area contributed by atoms with Crippen LogP contribution in [0.25, 0.3) is 0 Å². The molecular formula is C24H28F3N5O5. The molecule has 0 bridgehead atoms. The maximum absolute atomic E-state index is 13.9. The molecule has 3 rings (SSSR count). The highest BCUT2D eigenvalue weighted by atomic mass is 19.4. The van der Waals surface area contributed by atoms with Gasteiger partial charge in [0.1, 0.15) is 17.3 Å². The van der Waals surface area contributed by atoms with Crippen molar-refractivity contribution < 1.29 is 37.1 Å². The van der Waals surface area contributed by atoms with Gasteiger partial charge in [-0.05, 0) is 31.4 Å². The van der Waals surface area contributed by atoms with E-state index in [4.69, 9.17) is 4.74 Å². The highest BCUT2D eigenvalue weighted by molar-refractivity contribution is 6.02. The Hall–Kier alpha value is -3.82. The zero-order valence-electron chi connectivity index (χ0n) is 20.7. The van der Waals surface area contributed by atoms with Crippen LogP contribution in [0.4, 0.5) is 18.9 Å². The van der Waals surface area contributed by atoms with Crippen LogP contribution in [0.3, 0.4) is 0 Å². The molecule has 4 atom stereocenters. The van der Waals surface area contributed by atoms with E-state index in [9.17, 15) is 37.6 Å². The van der Waals surface area contributed by atoms with Crippen LogP contribution < -0.4 is 20.7 Å². The van der Waals surface area contributed by atoms with Gasteiger partial charge in [0.2, 0.25) is 17.4 Å². The molecule has 10 nitrogen and oxygen atoms in total. The summed E-state index contributed by atoms with van der Waals surface area (Å²) in [5.41, 5.74) is -3.53. The smallest absolute Gasteiger partial charge is 0.471 e. The van der Waals surface area contributed by atoms with Gasteiger partial charge in [-0.3, -0.25) is 19.2 Å². The van der Waals surface area contributed by atoms with Gasteiger partial charge in [-0.25, -0.2) is 0 Å². The maximum Gasteiger partial charge on any atom is 0.471 e. The number of halogens is 3. The summed E-state index contributed by atoms with van der Waals surface area (Å²) in [5, 5.41) is 16.4. The molecule has 0 aromatic heterocycles. The van der Waals surface area contributed by atoms with E-state index >= 15 is 0 Å². The molecule has 200 valence electrons. The number of rotatable bonds is 6. The van der Waals surface area contributed by atoms with Crippen LogP contribution in [0.2, 0.25) is 0 Å². The lowest BCUT2D eigenvalue weighted by atomic mass is 9.78. The second kappa shape index (κ2) is 9.91. The zero-order chi connectivity index (χ0) is 27.8. The van der Waals surface area contributed by atoms with Crippen LogP contribution in [-0.2, 0) is 19.2 Å². The van der Waals surface area contributed by atoms with Gasteiger partial charge in [-0.15, -0.1) is 0 Å². The van der Waals surface area contributed by atoms with Crippen molar-refractivity contribution in [3.8, 4) is 11.8 Å². The second-order valence-electron chi connectivity index (χ2n) is 9.78. The Bertz CT molecular complexity index is 1150. The second-order valence-corrected chi connectivity index (χ2v) is 9.78. The van der Waals surface area contributed by atoms with E-state index in [2.05, 4.69) is 10.6 Å². The molecule has 1 unspecified atom stereocenters. The average molecular weight is 524 g/mol. The number of benzene rings is 1. The van der Waals surface area contributed by atoms with Crippen molar-refractivity contribution in [1.82, 2.24) is 15.5 Å². The molecule has 2 aliphatic rings. The van der Waals surface area contributed by atoms with E-state index in [0.29, 0.717) is 11.4 Å². The van der Waals surface area contributed by atoms with Crippen molar-refractivity contribution >= 4 is 29.3 Å². The first-order valence-electron chi connectivity index (χ1n) is 11.6. The van der Waals surface area contributed by atoms with Crippen LogP contribution in [0, 0.1) is 23.2 Å². The number of nitrogens with zero attached hydrogens (tertiary/aromatic N) is 2. The standard InChI is InChI=1S/C24H28F3N5O5/c1-13(2)9-15(22(3,19(34)29-4)31-21(36)24(25,26)27)18(33)32-12-23(10-14(32)11-28)20(35)30-16-7-5-6-8-17(16)37-23/h5-8,13-15H,9-10,12H2,1-4H3,(H,29,34)(H,30,35)(H,31,36)/t14-,15+,22?,23+/m0/s1. The molecule has 1 aromatic rings. The molecule has 3 N–H and O–H groups in total. The van der Waals surface area contributed by atoms with Crippen LogP contribution in [0.5, 0.6) is 5.75 Å². The van der Waals surface area contributed by atoms with Gasteiger partial charge in [0, 0.05) is 13.5 Å². The zero-order valence-corrected chi connectivity index (χ0v) is 20.7. The number of nitriles is 1.